The van der Waals surface area contributed by atoms with Crippen LogP contribution in [0.3, 0.4) is 0 Å². The Morgan fingerprint density at radius 1 is 1.40 bits per heavy atom. The monoisotopic (exact) mass is 443 g/mol. The number of carbonyl (C=O) groups is 2. The van der Waals surface area contributed by atoms with Gasteiger partial charge in [-0.1, -0.05) is 24.8 Å². The summed E-state index contributed by atoms with van der Waals surface area (Å²) in [6.07, 6.45) is 2.84. The molecule has 30 heavy (non-hydrogen) atoms. The van der Waals surface area contributed by atoms with Crippen LogP contribution in [0.15, 0.2) is 23.4 Å². The maximum atomic E-state index is 12.6. The first kappa shape index (κ1) is 20.9. The second-order valence-electron chi connectivity index (χ2n) is 7.68. The summed E-state index contributed by atoms with van der Waals surface area (Å²) in [5.41, 5.74) is 4.59. The van der Waals surface area contributed by atoms with E-state index >= 15 is 0 Å². The fraction of sp³-hybridized carbons (Fsp3) is 0.409. The van der Waals surface area contributed by atoms with Crippen molar-refractivity contribution in [2.24, 2.45) is 5.92 Å². The molecule has 0 aliphatic heterocycles. The number of imidazole rings is 1. The smallest absolute Gasteiger partial charge is 0.341 e. The lowest BCUT2D eigenvalue weighted by Gasteiger charge is -2.18. The zero-order chi connectivity index (χ0) is 21.3. The Kier molecular flexibility index (Phi) is 6.15. The number of aryl methyl sites for hydroxylation is 1. The molecule has 0 saturated carbocycles. The molecule has 1 atom stereocenters. The largest absolute Gasteiger partial charge is 0.462 e. The Bertz CT molecular complexity index is 1100. The van der Waals surface area contributed by atoms with Gasteiger partial charge in [0.15, 0.2) is 5.16 Å². The van der Waals surface area contributed by atoms with E-state index in [0.717, 1.165) is 41.4 Å². The second-order valence-corrected chi connectivity index (χ2v) is 9.74. The maximum Gasteiger partial charge on any atom is 0.341 e. The van der Waals surface area contributed by atoms with Crippen molar-refractivity contribution in [1.29, 1.82) is 0 Å². The van der Waals surface area contributed by atoms with Crippen LogP contribution in [0.4, 0.5) is 5.00 Å². The Morgan fingerprint density at radius 3 is 3.03 bits per heavy atom. The highest BCUT2D eigenvalue weighted by atomic mass is 32.2. The zero-order valence-corrected chi connectivity index (χ0v) is 19.0. The lowest BCUT2D eigenvalue weighted by Crippen LogP contribution is -2.17. The van der Waals surface area contributed by atoms with Crippen LogP contribution in [0.5, 0.6) is 0 Å². The molecular weight excluding hydrogens is 418 g/mol. The number of thiophene rings is 1. The van der Waals surface area contributed by atoms with Crippen LogP contribution in [0.2, 0.25) is 0 Å². The number of aromatic nitrogens is 2. The van der Waals surface area contributed by atoms with Crippen molar-refractivity contribution in [3.8, 4) is 0 Å². The van der Waals surface area contributed by atoms with Crippen molar-refractivity contribution in [3.63, 3.8) is 0 Å². The van der Waals surface area contributed by atoms with E-state index < -0.39 is 0 Å². The summed E-state index contributed by atoms with van der Waals surface area (Å²) < 4.78 is 5.27. The first-order chi connectivity index (χ1) is 14.4. The fourth-order valence-electron chi connectivity index (χ4n) is 3.72. The number of hydrogen-bond acceptors (Lipinski definition) is 6. The molecule has 4 rings (SSSR count). The van der Waals surface area contributed by atoms with E-state index in [1.807, 2.05) is 25.1 Å². The molecule has 1 aliphatic carbocycles. The Morgan fingerprint density at radius 2 is 2.23 bits per heavy atom. The number of nitrogens with zero attached hydrogens (tertiary/aromatic N) is 1. The predicted octanol–water partition coefficient (Wildman–Crippen LogP) is 4.97. The van der Waals surface area contributed by atoms with E-state index in [-0.39, 0.29) is 17.6 Å². The van der Waals surface area contributed by atoms with Gasteiger partial charge in [-0.25, -0.2) is 9.78 Å². The predicted molar refractivity (Wildman–Crippen MR) is 122 cm³/mol. The van der Waals surface area contributed by atoms with E-state index in [1.165, 1.54) is 28.0 Å². The molecule has 158 valence electrons. The van der Waals surface area contributed by atoms with Crippen LogP contribution in [0, 0.1) is 12.8 Å². The molecule has 0 fully saturated rings. The molecule has 3 aromatic rings. The molecular formula is C22H25N3O3S2. The topological polar surface area (TPSA) is 84.1 Å². The Balaban J connectivity index is 1.48. The molecule has 2 aromatic heterocycles. The molecule has 0 spiro atoms. The zero-order valence-electron chi connectivity index (χ0n) is 17.3. The van der Waals surface area contributed by atoms with Crippen LogP contribution in [0.1, 0.15) is 46.6 Å². The quantitative estimate of drug-likeness (QED) is 0.415. The first-order valence-electron chi connectivity index (χ1n) is 10.1. The summed E-state index contributed by atoms with van der Waals surface area (Å²) in [5, 5.41) is 4.27. The number of H-pyrrole nitrogens is 1. The van der Waals surface area contributed by atoms with Crippen molar-refractivity contribution in [2.75, 3.05) is 17.7 Å². The number of rotatable bonds is 6. The average Bonchev–Trinajstić information content (AvgIpc) is 3.26. The van der Waals surface area contributed by atoms with Crippen molar-refractivity contribution < 1.29 is 14.3 Å². The minimum absolute atomic E-state index is 0.158. The molecule has 1 aromatic carbocycles. The SMILES string of the molecule is CCOC(=O)c1c(NC(=O)CSc2nc3ccc(C)cc3[nH]2)sc2c1CCC(C)C2. The number of esters is 1. The highest BCUT2D eigenvalue weighted by molar-refractivity contribution is 7.99. The third-order valence-corrected chi connectivity index (χ3v) is 7.24. The second kappa shape index (κ2) is 8.81. The fourth-order valence-corrected chi connectivity index (χ4v) is 5.82. The van der Waals surface area contributed by atoms with Crippen LogP contribution in [-0.4, -0.2) is 34.2 Å². The molecule has 1 aliphatic rings. The van der Waals surface area contributed by atoms with Gasteiger partial charge in [0.05, 0.1) is 29.0 Å². The van der Waals surface area contributed by atoms with E-state index in [0.29, 0.717) is 28.2 Å². The maximum absolute atomic E-state index is 12.6. The number of benzene rings is 1. The number of ether oxygens (including phenoxy) is 1. The van der Waals surface area contributed by atoms with Gasteiger partial charge in [0.2, 0.25) is 5.91 Å². The highest BCUT2D eigenvalue weighted by Crippen LogP contribution is 2.40. The number of carbonyl (C=O) groups excluding carboxylic acids is 2. The van der Waals surface area contributed by atoms with Crippen molar-refractivity contribution >= 4 is 51.0 Å². The number of anilines is 1. The number of amides is 1. The summed E-state index contributed by atoms with van der Waals surface area (Å²) in [5.74, 6) is 0.288. The molecule has 2 N–H and O–H groups in total. The van der Waals surface area contributed by atoms with Crippen LogP contribution in [-0.2, 0) is 22.4 Å². The molecule has 0 radical (unpaired) electrons. The summed E-state index contributed by atoms with van der Waals surface area (Å²) in [7, 11) is 0. The van der Waals surface area contributed by atoms with Gasteiger partial charge in [-0.15, -0.1) is 11.3 Å². The third-order valence-electron chi connectivity index (χ3n) is 5.20. The molecule has 6 nitrogen and oxygen atoms in total. The number of nitrogens with one attached hydrogen (secondary N) is 2. The lowest BCUT2D eigenvalue weighted by atomic mass is 9.88. The van der Waals surface area contributed by atoms with Crippen LogP contribution in [0.25, 0.3) is 11.0 Å². The van der Waals surface area contributed by atoms with E-state index in [4.69, 9.17) is 4.74 Å². The summed E-state index contributed by atoms with van der Waals surface area (Å²) in [6, 6.07) is 6.02. The summed E-state index contributed by atoms with van der Waals surface area (Å²) in [6.45, 7) is 6.36. The van der Waals surface area contributed by atoms with Crippen molar-refractivity contribution in [2.45, 2.75) is 45.2 Å². The number of hydrogen-bond donors (Lipinski definition) is 2. The number of fused-ring (bicyclic) bond motifs is 2. The van der Waals surface area contributed by atoms with Gasteiger partial charge >= 0.3 is 5.97 Å². The first-order valence-corrected chi connectivity index (χ1v) is 12.0. The average molecular weight is 444 g/mol. The van der Waals surface area contributed by atoms with Crippen molar-refractivity contribution in [1.82, 2.24) is 9.97 Å². The van der Waals surface area contributed by atoms with Gasteiger partial charge in [-0.3, -0.25) is 4.79 Å². The number of thioether (sulfide) groups is 1. The highest BCUT2D eigenvalue weighted by Gasteiger charge is 2.29. The van der Waals surface area contributed by atoms with E-state index in [9.17, 15) is 9.59 Å². The Labute approximate surface area is 183 Å². The molecule has 1 unspecified atom stereocenters. The molecule has 8 heteroatoms. The normalized spacial score (nSPS) is 15.8. The molecule has 0 bridgehead atoms. The molecule has 1 amide bonds. The standard InChI is InChI=1S/C22H25N3O3S2/c1-4-28-21(27)19-14-7-5-13(3)10-17(14)30-20(19)25-18(26)11-29-22-23-15-8-6-12(2)9-16(15)24-22/h6,8-9,13H,4-5,7,10-11H2,1-3H3,(H,23,24)(H,25,26). The van der Waals surface area contributed by atoms with Gasteiger partial charge in [0.25, 0.3) is 0 Å². The molecule has 2 heterocycles. The Hall–Kier alpha value is -2.32. The van der Waals surface area contributed by atoms with Gasteiger partial charge in [0.1, 0.15) is 5.00 Å². The van der Waals surface area contributed by atoms with E-state index in [1.54, 1.807) is 6.92 Å². The minimum atomic E-state index is -0.347. The van der Waals surface area contributed by atoms with Gasteiger partial charge in [-0.2, -0.15) is 0 Å². The van der Waals surface area contributed by atoms with E-state index in [2.05, 4.69) is 22.2 Å². The van der Waals surface area contributed by atoms with Gasteiger partial charge in [0, 0.05) is 4.88 Å². The summed E-state index contributed by atoms with van der Waals surface area (Å²) in [4.78, 5) is 34.2. The minimum Gasteiger partial charge on any atom is -0.462 e. The summed E-state index contributed by atoms with van der Waals surface area (Å²) >= 11 is 2.86. The van der Waals surface area contributed by atoms with Crippen molar-refractivity contribution in [3.05, 3.63) is 39.8 Å². The third kappa shape index (κ3) is 4.39. The van der Waals surface area contributed by atoms with Gasteiger partial charge < -0.3 is 15.0 Å². The lowest BCUT2D eigenvalue weighted by molar-refractivity contribution is -0.113. The van der Waals surface area contributed by atoms with Crippen LogP contribution < -0.4 is 5.32 Å². The van der Waals surface area contributed by atoms with Crippen LogP contribution >= 0.6 is 23.1 Å². The number of aromatic amines is 1. The van der Waals surface area contributed by atoms with Gasteiger partial charge in [-0.05, 0) is 62.3 Å². The molecule has 0 saturated heterocycles.